The summed E-state index contributed by atoms with van der Waals surface area (Å²) in [5.41, 5.74) is 1.06. The first-order valence-corrected chi connectivity index (χ1v) is 12.2. The third-order valence-electron chi connectivity index (χ3n) is 6.94. The number of aryl methyl sites for hydroxylation is 1. The minimum absolute atomic E-state index is 0.00657. The largest absolute Gasteiger partial charge is 0.480 e. The van der Waals surface area contributed by atoms with Gasteiger partial charge in [-0.3, -0.25) is 14.9 Å². The number of carbonyl (C=O) groups excluding carboxylic acids is 3. The smallest absolute Gasteiger partial charge is 0.326 e. The van der Waals surface area contributed by atoms with E-state index in [-0.39, 0.29) is 31.1 Å². The van der Waals surface area contributed by atoms with Crippen LogP contribution >= 0.6 is 0 Å². The van der Waals surface area contributed by atoms with E-state index in [0.29, 0.717) is 32.2 Å². The zero-order chi connectivity index (χ0) is 25.5. The first kappa shape index (κ1) is 26.5. The van der Waals surface area contributed by atoms with Gasteiger partial charge in [0.25, 0.3) is 0 Å². The zero-order valence-corrected chi connectivity index (χ0v) is 20.6. The van der Waals surface area contributed by atoms with Gasteiger partial charge >= 0.3 is 18.0 Å². The van der Waals surface area contributed by atoms with Crippen LogP contribution < -0.4 is 10.6 Å². The van der Waals surface area contributed by atoms with E-state index in [2.05, 4.69) is 10.6 Å². The molecule has 3 N–H and O–H groups in total. The van der Waals surface area contributed by atoms with Gasteiger partial charge in [0.1, 0.15) is 12.1 Å². The maximum absolute atomic E-state index is 13.6. The van der Waals surface area contributed by atoms with E-state index in [1.54, 1.807) is 25.8 Å². The molecular formula is C25H36N4O6. The van der Waals surface area contributed by atoms with Crippen molar-refractivity contribution in [3.8, 4) is 0 Å². The number of aliphatic carboxylic acids is 1. The van der Waals surface area contributed by atoms with Gasteiger partial charge in [-0.05, 0) is 51.0 Å². The molecule has 0 bridgehead atoms. The molecule has 2 fully saturated rings. The van der Waals surface area contributed by atoms with E-state index in [9.17, 15) is 24.3 Å². The van der Waals surface area contributed by atoms with E-state index < -0.39 is 36.0 Å². The standard InChI is InChI=1S/C25H36N4O6/c1-4-35-24(33)19(11-10-17-8-6-5-7-9-17)27-16(2)22(30)29-20(23(31)32)14-18-12-13-28(15-21(18)29)25(34)26-3/h5-9,16,18-21,27H,4,10-15H2,1-3H3,(H,26,34)(H,31,32). The predicted molar refractivity (Wildman–Crippen MR) is 129 cm³/mol. The summed E-state index contributed by atoms with van der Waals surface area (Å²) < 4.78 is 5.23. The van der Waals surface area contributed by atoms with Crippen LogP contribution in [0.3, 0.4) is 0 Å². The van der Waals surface area contributed by atoms with Gasteiger partial charge in [0.05, 0.1) is 18.7 Å². The third-order valence-corrected chi connectivity index (χ3v) is 6.94. The molecule has 2 aliphatic heterocycles. The average Bonchev–Trinajstić information content (AvgIpc) is 3.25. The lowest BCUT2D eigenvalue weighted by Gasteiger charge is -2.39. The lowest BCUT2D eigenvalue weighted by Crippen LogP contribution is -2.59. The number of amides is 3. The molecule has 0 aromatic heterocycles. The fraction of sp³-hybridized carbons (Fsp3) is 0.600. The number of ether oxygens (including phenoxy) is 1. The van der Waals surface area contributed by atoms with Crippen LogP contribution in [0.15, 0.2) is 30.3 Å². The molecule has 3 amide bonds. The molecule has 10 heteroatoms. The maximum atomic E-state index is 13.6. The van der Waals surface area contributed by atoms with Crippen molar-refractivity contribution in [2.24, 2.45) is 5.92 Å². The summed E-state index contributed by atoms with van der Waals surface area (Å²) in [6, 6.07) is 6.60. The Balaban J connectivity index is 1.74. The van der Waals surface area contributed by atoms with Crippen molar-refractivity contribution in [2.75, 3.05) is 26.7 Å². The summed E-state index contributed by atoms with van der Waals surface area (Å²) >= 11 is 0. The Morgan fingerprint density at radius 1 is 1.20 bits per heavy atom. The van der Waals surface area contributed by atoms with Gasteiger partial charge in [0, 0.05) is 20.1 Å². The second kappa shape index (κ2) is 12.0. The van der Waals surface area contributed by atoms with Crippen LogP contribution in [0.2, 0.25) is 0 Å². The summed E-state index contributed by atoms with van der Waals surface area (Å²) in [6.45, 7) is 4.39. The molecule has 2 heterocycles. The van der Waals surface area contributed by atoms with Crippen LogP contribution in [0.5, 0.6) is 0 Å². The highest BCUT2D eigenvalue weighted by molar-refractivity contribution is 5.88. The van der Waals surface area contributed by atoms with Crippen molar-refractivity contribution in [2.45, 2.75) is 63.7 Å². The Hall–Kier alpha value is -3.14. The molecule has 0 radical (unpaired) electrons. The van der Waals surface area contributed by atoms with Crippen molar-refractivity contribution >= 4 is 23.9 Å². The Bertz CT molecular complexity index is 910. The summed E-state index contributed by atoms with van der Waals surface area (Å²) in [7, 11) is 1.54. The molecule has 1 aromatic carbocycles. The van der Waals surface area contributed by atoms with Crippen molar-refractivity contribution < 1.29 is 29.0 Å². The first-order chi connectivity index (χ1) is 16.8. The van der Waals surface area contributed by atoms with E-state index in [1.807, 2.05) is 30.3 Å². The summed E-state index contributed by atoms with van der Waals surface area (Å²) in [5, 5.41) is 15.5. The maximum Gasteiger partial charge on any atom is 0.326 e. The van der Waals surface area contributed by atoms with Crippen LogP contribution in [0, 0.1) is 5.92 Å². The molecule has 1 aromatic rings. The van der Waals surface area contributed by atoms with E-state index in [0.717, 1.165) is 5.56 Å². The molecule has 5 unspecified atom stereocenters. The number of likely N-dealkylation sites (tertiary alicyclic amines) is 2. The highest BCUT2D eigenvalue weighted by Crippen LogP contribution is 2.36. The normalized spacial score (nSPS) is 23.2. The number of nitrogens with zero attached hydrogens (tertiary/aromatic N) is 2. The van der Waals surface area contributed by atoms with Crippen molar-refractivity contribution in [3.63, 3.8) is 0 Å². The number of urea groups is 1. The van der Waals surface area contributed by atoms with Crippen molar-refractivity contribution in [3.05, 3.63) is 35.9 Å². The number of nitrogens with one attached hydrogen (secondary N) is 2. The molecule has 5 atom stereocenters. The zero-order valence-electron chi connectivity index (χ0n) is 20.6. The second-order valence-electron chi connectivity index (χ2n) is 9.17. The molecule has 35 heavy (non-hydrogen) atoms. The highest BCUT2D eigenvalue weighted by Gasteiger charge is 2.50. The summed E-state index contributed by atoms with van der Waals surface area (Å²) in [4.78, 5) is 53.5. The fourth-order valence-electron chi connectivity index (χ4n) is 5.15. The number of carboxylic acids is 1. The number of piperidine rings is 1. The second-order valence-corrected chi connectivity index (χ2v) is 9.17. The number of esters is 1. The Kier molecular flexibility index (Phi) is 9.08. The number of rotatable bonds is 9. The Morgan fingerprint density at radius 2 is 1.91 bits per heavy atom. The molecule has 2 saturated heterocycles. The molecule has 10 nitrogen and oxygen atoms in total. The van der Waals surface area contributed by atoms with Gasteiger partial charge in [-0.1, -0.05) is 30.3 Å². The van der Waals surface area contributed by atoms with Gasteiger partial charge in [-0.2, -0.15) is 0 Å². The number of fused-ring (bicyclic) bond motifs is 1. The highest BCUT2D eigenvalue weighted by atomic mass is 16.5. The topological polar surface area (TPSA) is 128 Å². The monoisotopic (exact) mass is 488 g/mol. The molecule has 0 saturated carbocycles. The molecule has 192 valence electrons. The summed E-state index contributed by atoms with van der Waals surface area (Å²) in [6.07, 6.45) is 2.04. The summed E-state index contributed by atoms with van der Waals surface area (Å²) in [5.74, 6) is -1.89. The number of hydrogen-bond donors (Lipinski definition) is 3. The third kappa shape index (κ3) is 6.30. The van der Waals surface area contributed by atoms with Crippen molar-refractivity contribution in [1.29, 1.82) is 0 Å². The minimum atomic E-state index is -1.06. The van der Waals surface area contributed by atoms with Gasteiger partial charge in [-0.25, -0.2) is 9.59 Å². The minimum Gasteiger partial charge on any atom is -0.480 e. The van der Waals surface area contributed by atoms with E-state index in [4.69, 9.17) is 4.74 Å². The average molecular weight is 489 g/mol. The predicted octanol–water partition coefficient (Wildman–Crippen LogP) is 1.24. The first-order valence-electron chi connectivity index (χ1n) is 12.2. The molecular weight excluding hydrogens is 452 g/mol. The van der Waals surface area contributed by atoms with Gasteiger partial charge < -0.3 is 25.0 Å². The number of carboxylic acid groups (broad SMARTS) is 1. The van der Waals surface area contributed by atoms with E-state index >= 15 is 0 Å². The Labute approximate surface area is 206 Å². The number of carbonyl (C=O) groups is 4. The van der Waals surface area contributed by atoms with Gasteiger partial charge in [0.15, 0.2) is 0 Å². The van der Waals surface area contributed by atoms with Crippen LogP contribution in [0.1, 0.15) is 38.7 Å². The molecule has 3 rings (SSSR count). The molecule has 0 aliphatic carbocycles. The van der Waals surface area contributed by atoms with Crippen LogP contribution in [-0.4, -0.2) is 89.7 Å². The quantitative estimate of drug-likeness (QED) is 0.446. The number of benzene rings is 1. The lowest BCUT2D eigenvalue weighted by molar-refractivity contribution is -0.152. The van der Waals surface area contributed by atoms with Gasteiger partial charge in [0.2, 0.25) is 5.91 Å². The van der Waals surface area contributed by atoms with E-state index in [1.165, 1.54) is 4.90 Å². The van der Waals surface area contributed by atoms with Gasteiger partial charge in [-0.15, -0.1) is 0 Å². The fourth-order valence-corrected chi connectivity index (χ4v) is 5.15. The molecule has 0 spiro atoms. The van der Waals surface area contributed by atoms with Crippen LogP contribution in [0.4, 0.5) is 4.79 Å². The van der Waals surface area contributed by atoms with Crippen molar-refractivity contribution in [1.82, 2.24) is 20.4 Å². The lowest BCUT2D eigenvalue weighted by atomic mass is 9.91. The van der Waals surface area contributed by atoms with Crippen LogP contribution in [-0.2, 0) is 25.5 Å². The SMILES string of the molecule is CCOC(=O)C(CCc1ccccc1)NC(C)C(=O)N1C(C(=O)O)CC2CCN(C(=O)NC)CC21. The molecule has 2 aliphatic rings. The Morgan fingerprint density at radius 3 is 2.54 bits per heavy atom. The van der Waals surface area contributed by atoms with Crippen LogP contribution in [0.25, 0.3) is 0 Å². The number of hydrogen-bond acceptors (Lipinski definition) is 6.